The first-order chi connectivity index (χ1) is 10.9. The van der Waals surface area contributed by atoms with Gasteiger partial charge in [-0.1, -0.05) is 23.3 Å². The minimum Gasteiger partial charge on any atom is -0.114 e. The third-order valence-corrected chi connectivity index (χ3v) is 11.3. The van der Waals surface area contributed by atoms with Crippen LogP contribution in [0.15, 0.2) is 45.6 Å². The van der Waals surface area contributed by atoms with Crippen LogP contribution in [0.4, 0.5) is 0 Å². The van der Waals surface area contributed by atoms with Crippen molar-refractivity contribution in [2.45, 2.75) is 74.2 Å². The second kappa shape index (κ2) is 5.64. The first-order valence-electron chi connectivity index (χ1n) is 9.15. The molecule has 23 heavy (non-hydrogen) atoms. The lowest BCUT2D eigenvalue weighted by Crippen LogP contribution is -2.46. The highest BCUT2D eigenvalue weighted by Gasteiger charge is 2.50. The van der Waals surface area contributed by atoms with Gasteiger partial charge in [0.15, 0.2) is 0 Å². The lowest BCUT2D eigenvalue weighted by Gasteiger charge is -2.39. The van der Waals surface area contributed by atoms with Gasteiger partial charge in [-0.05, 0) is 87.5 Å². The topological polar surface area (TPSA) is 0 Å². The normalized spacial score (nSPS) is 37.4. The highest BCUT2D eigenvalue weighted by atomic mass is 35.5. The molecule has 0 fully saturated rings. The van der Waals surface area contributed by atoms with Crippen LogP contribution in [0.1, 0.15) is 65.2 Å². The summed E-state index contributed by atoms with van der Waals surface area (Å²) < 4.78 is -0.432. The van der Waals surface area contributed by atoms with Crippen molar-refractivity contribution in [1.82, 2.24) is 0 Å². The van der Waals surface area contributed by atoms with Gasteiger partial charge in [-0.2, -0.15) is 0 Å². The summed E-state index contributed by atoms with van der Waals surface area (Å²) in [5, 5.41) is 0. The molecule has 0 nitrogen and oxygen atoms in total. The van der Waals surface area contributed by atoms with E-state index in [2.05, 4.69) is 26.0 Å². The van der Waals surface area contributed by atoms with Gasteiger partial charge in [0.1, 0.15) is 0 Å². The lowest BCUT2D eigenvalue weighted by molar-refractivity contribution is 0.662. The van der Waals surface area contributed by atoms with E-state index in [1.807, 2.05) is 0 Å². The highest BCUT2D eigenvalue weighted by molar-refractivity contribution is 6.72. The molecule has 0 amide bonds. The van der Waals surface area contributed by atoms with Gasteiger partial charge in [0.05, 0.1) is 18.5 Å². The molecular formula is C20H26Cl2Si. The molecule has 0 aliphatic heterocycles. The highest BCUT2D eigenvalue weighted by Crippen LogP contribution is 2.53. The van der Waals surface area contributed by atoms with Crippen molar-refractivity contribution in [2.24, 2.45) is 0 Å². The van der Waals surface area contributed by atoms with Crippen LogP contribution in [0, 0.1) is 0 Å². The van der Waals surface area contributed by atoms with E-state index in [1.165, 1.54) is 84.8 Å². The molecule has 0 aromatic rings. The Kier molecular flexibility index (Phi) is 3.98. The molecule has 2 atom stereocenters. The molecule has 0 aromatic heterocycles. The second-order valence-electron chi connectivity index (χ2n) is 7.86. The van der Waals surface area contributed by atoms with Crippen LogP contribution in [0.5, 0.6) is 0 Å². The molecule has 124 valence electrons. The Morgan fingerprint density at radius 3 is 1.57 bits per heavy atom. The number of alkyl halides is 2. The average molecular weight is 365 g/mol. The van der Waals surface area contributed by atoms with E-state index in [-0.39, 0.29) is 8.99 Å². The molecule has 0 saturated heterocycles. The quantitative estimate of drug-likeness (QED) is 0.436. The van der Waals surface area contributed by atoms with Crippen LogP contribution >= 0.6 is 23.2 Å². The van der Waals surface area contributed by atoms with E-state index in [1.54, 1.807) is 0 Å². The Morgan fingerprint density at radius 2 is 1.13 bits per heavy atom. The number of rotatable bonds is 2. The number of hydrogen-bond donors (Lipinski definition) is 0. The smallest absolute Gasteiger partial charge is 0.0914 e. The maximum absolute atomic E-state index is 7.36. The van der Waals surface area contributed by atoms with Gasteiger partial charge in [-0.15, -0.1) is 23.2 Å². The molecule has 0 bridgehead atoms. The third-order valence-electron chi connectivity index (χ3n) is 6.50. The van der Waals surface area contributed by atoms with Crippen molar-refractivity contribution in [3.63, 3.8) is 0 Å². The second-order valence-corrected chi connectivity index (χ2v) is 12.5. The van der Waals surface area contributed by atoms with Gasteiger partial charge >= 0.3 is 0 Å². The summed E-state index contributed by atoms with van der Waals surface area (Å²) in [7, 11) is -0.776. The van der Waals surface area contributed by atoms with E-state index in [0.29, 0.717) is 0 Å². The van der Waals surface area contributed by atoms with Crippen LogP contribution in [0.25, 0.3) is 0 Å². The summed E-state index contributed by atoms with van der Waals surface area (Å²) in [4.78, 5) is 0. The van der Waals surface area contributed by atoms with E-state index in [9.17, 15) is 0 Å². The van der Waals surface area contributed by atoms with E-state index >= 15 is 0 Å². The first-order valence-corrected chi connectivity index (χ1v) is 11.3. The fraction of sp³-hybridized carbons (Fsp3) is 0.600. The molecule has 0 N–H and O–H groups in total. The summed E-state index contributed by atoms with van der Waals surface area (Å²) in [5.74, 6) is 0. The van der Waals surface area contributed by atoms with Gasteiger partial charge in [-0.3, -0.25) is 0 Å². The zero-order chi connectivity index (χ0) is 16.2. The van der Waals surface area contributed by atoms with Crippen molar-refractivity contribution in [2.75, 3.05) is 0 Å². The third kappa shape index (κ3) is 2.38. The minimum atomic E-state index is -0.776. The van der Waals surface area contributed by atoms with Crippen molar-refractivity contribution in [1.29, 1.82) is 0 Å². The van der Waals surface area contributed by atoms with E-state index < -0.39 is 9.52 Å². The Morgan fingerprint density at radius 1 is 0.739 bits per heavy atom. The molecule has 0 radical (unpaired) electrons. The van der Waals surface area contributed by atoms with E-state index in [0.717, 1.165) is 0 Å². The number of hydrogen-bond acceptors (Lipinski definition) is 0. The molecule has 0 aromatic carbocycles. The van der Waals surface area contributed by atoms with E-state index in [4.69, 9.17) is 23.2 Å². The van der Waals surface area contributed by atoms with Crippen molar-refractivity contribution >= 4 is 32.7 Å². The zero-order valence-corrected chi connectivity index (χ0v) is 17.2. The first kappa shape index (κ1) is 16.2. The minimum absolute atomic E-state index is 0.216. The summed E-state index contributed by atoms with van der Waals surface area (Å²) in [6.45, 7) is 4.48. The maximum Gasteiger partial charge on any atom is 0.0914 e. The standard InChI is InChI=1S/C20H26Cl2Si/c1-13-11-15-7-3-5-9-17(15)19(13,21)23-20(22)14(2)12-16-8-4-6-10-18(16)20/h11-12H,3-10,23H2,1-2H3. The van der Waals surface area contributed by atoms with Crippen LogP contribution in [0.3, 0.4) is 0 Å². The molecule has 3 heteroatoms. The van der Waals surface area contributed by atoms with Crippen LogP contribution < -0.4 is 0 Å². The van der Waals surface area contributed by atoms with Crippen LogP contribution in [0.2, 0.25) is 0 Å². The Balaban J connectivity index is 1.72. The zero-order valence-electron chi connectivity index (χ0n) is 14.3. The fourth-order valence-corrected chi connectivity index (χ4v) is 9.75. The van der Waals surface area contributed by atoms with Gasteiger partial charge < -0.3 is 0 Å². The molecule has 0 saturated carbocycles. The molecule has 4 aliphatic rings. The average Bonchev–Trinajstić information content (AvgIpc) is 2.93. The van der Waals surface area contributed by atoms with Gasteiger partial charge in [0.25, 0.3) is 0 Å². The van der Waals surface area contributed by atoms with Gasteiger partial charge in [0, 0.05) is 0 Å². The summed E-state index contributed by atoms with van der Waals surface area (Å²) >= 11 is 14.7. The number of halogens is 2. The predicted octanol–water partition coefficient (Wildman–Crippen LogP) is 5.69. The molecule has 0 heterocycles. The van der Waals surface area contributed by atoms with Crippen molar-refractivity contribution in [3.05, 3.63) is 45.6 Å². The molecule has 4 rings (SSSR count). The Bertz CT molecular complexity index is 624. The molecular weight excluding hydrogens is 339 g/mol. The van der Waals surface area contributed by atoms with Crippen LogP contribution in [-0.4, -0.2) is 18.5 Å². The Hall–Kier alpha value is -0.243. The summed E-state index contributed by atoms with van der Waals surface area (Å²) in [5.41, 5.74) is 8.88. The molecule has 2 unspecified atom stereocenters. The molecule has 4 aliphatic carbocycles. The fourth-order valence-electron chi connectivity index (χ4n) is 5.14. The SMILES string of the molecule is CC1=CC2=C(CCCC2)C1(Cl)[SiH2]C1(Cl)C(C)=CC2=C1CCCC2. The van der Waals surface area contributed by atoms with Gasteiger partial charge in [-0.25, -0.2) is 0 Å². The predicted molar refractivity (Wildman–Crippen MR) is 104 cm³/mol. The lowest BCUT2D eigenvalue weighted by atomic mass is 9.92. The summed E-state index contributed by atoms with van der Waals surface area (Å²) in [6.07, 6.45) is 14.8. The van der Waals surface area contributed by atoms with Crippen molar-refractivity contribution < 1.29 is 0 Å². The molecule has 0 spiro atoms. The largest absolute Gasteiger partial charge is 0.114 e. The van der Waals surface area contributed by atoms with Gasteiger partial charge in [0.2, 0.25) is 0 Å². The Labute approximate surface area is 152 Å². The van der Waals surface area contributed by atoms with Crippen LogP contribution in [-0.2, 0) is 0 Å². The summed E-state index contributed by atoms with van der Waals surface area (Å²) in [6, 6.07) is 0. The maximum atomic E-state index is 7.36. The van der Waals surface area contributed by atoms with Crippen molar-refractivity contribution in [3.8, 4) is 0 Å². The monoisotopic (exact) mass is 364 g/mol. The number of allylic oxidation sites excluding steroid dienone is 8.